The zero-order valence-corrected chi connectivity index (χ0v) is 10.3. The number of likely N-dealkylation sites (N-methyl/N-ethyl adjacent to an activating group) is 1. The Balaban J connectivity index is 2.06. The van der Waals surface area contributed by atoms with E-state index >= 15 is 0 Å². The lowest BCUT2D eigenvalue weighted by Crippen LogP contribution is -2.32. The first-order valence-corrected chi connectivity index (χ1v) is 5.58. The Kier molecular flexibility index (Phi) is 4.32. The van der Waals surface area contributed by atoms with Crippen LogP contribution in [0.4, 0.5) is 0 Å². The van der Waals surface area contributed by atoms with Gasteiger partial charge < -0.3 is 14.6 Å². The Bertz CT molecular complexity index is 473. The van der Waals surface area contributed by atoms with Crippen LogP contribution in [0.2, 0.25) is 0 Å². The highest BCUT2D eigenvalue weighted by molar-refractivity contribution is 5.45. The Labute approximate surface area is 105 Å². The lowest BCUT2D eigenvalue weighted by molar-refractivity contribution is 0.165. The molecule has 1 unspecified atom stereocenters. The summed E-state index contributed by atoms with van der Waals surface area (Å²) in [5.74, 6) is 0.998. The molecule has 7 heteroatoms. The summed E-state index contributed by atoms with van der Waals surface area (Å²) in [5, 5.41) is 7.00. The maximum Gasteiger partial charge on any atom is 0.228 e. The quantitative estimate of drug-likeness (QED) is 0.788. The first kappa shape index (κ1) is 12.6. The molecule has 2 heterocycles. The van der Waals surface area contributed by atoms with E-state index < -0.39 is 0 Å². The molecule has 1 atom stereocenters. The van der Waals surface area contributed by atoms with Gasteiger partial charge in [0.15, 0.2) is 0 Å². The van der Waals surface area contributed by atoms with E-state index in [1.54, 1.807) is 25.7 Å². The maximum absolute atomic E-state index is 5.17. The van der Waals surface area contributed by atoms with Crippen LogP contribution in [-0.2, 0) is 11.2 Å². The molecule has 1 N–H and O–H groups in total. The average Bonchev–Trinajstić information content (AvgIpc) is 2.88. The second-order valence-electron chi connectivity index (χ2n) is 3.75. The molecule has 0 fully saturated rings. The summed E-state index contributed by atoms with van der Waals surface area (Å²) < 4.78 is 10.3. The topological polar surface area (TPSA) is 86.0 Å². The molecule has 0 bridgehead atoms. The standard InChI is InChI=1S/C11H15N5O2/c1-12-8(7-17-2)5-10-15-11(16-18-10)9-6-13-3-4-14-9/h3-4,6,8,12H,5,7H2,1-2H3. The Morgan fingerprint density at radius 3 is 3.00 bits per heavy atom. The molecule has 0 saturated carbocycles. The number of methoxy groups -OCH3 is 1. The molecule has 0 spiro atoms. The summed E-state index contributed by atoms with van der Waals surface area (Å²) in [4.78, 5) is 12.3. The number of ether oxygens (including phenoxy) is 1. The summed E-state index contributed by atoms with van der Waals surface area (Å²) in [6, 6.07) is 0.144. The molecule has 0 aliphatic carbocycles. The molecule has 7 nitrogen and oxygen atoms in total. The fraction of sp³-hybridized carbons (Fsp3) is 0.455. The third kappa shape index (κ3) is 3.08. The molecule has 0 radical (unpaired) electrons. The molecule has 2 rings (SSSR count). The molecule has 2 aromatic heterocycles. The van der Waals surface area contributed by atoms with Crippen LogP contribution in [0.3, 0.4) is 0 Å². The van der Waals surface area contributed by atoms with Crippen LogP contribution >= 0.6 is 0 Å². The normalized spacial score (nSPS) is 12.6. The van der Waals surface area contributed by atoms with Gasteiger partial charge in [-0.1, -0.05) is 5.16 Å². The van der Waals surface area contributed by atoms with Crippen LogP contribution in [0.25, 0.3) is 11.5 Å². The number of hydrogen-bond donors (Lipinski definition) is 1. The van der Waals surface area contributed by atoms with Crippen molar-refractivity contribution in [1.29, 1.82) is 0 Å². The van der Waals surface area contributed by atoms with Crippen molar-refractivity contribution in [3.63, 3.8) is 0 Å². The van der Waals surface area contributed by atoms with Crippen molar-refractivity contribution < 1.29 is 9.26 Å². The van der Waals surface area contributed by atoms with E-state index in [4.69, 9.17) is 9.26 Å². The zero-order chi connectivity index (χ0) is 12.8. The molecular weight excluding hydrogens is 234 g/mol. The summed E-state index contributed by atoms with van der Waals surface area (Å²) in [6.45, 7) is 0.583. The van der Waals surface area contributed by atoms with E-state index in [0.29, 0.717) is 30.4 Å². The fourth-order valence-electron chi connectivity index (χ4n) is 1.51. The number of nitrogens with zero attached hydrogens (tertiary/aromatic N) is 4. The minimum Gasteiger partial charge on any atom is -0.383 e. The molecule has 0 amide bonds. The van der Waals surface area contributed by atoms with Gasteiger partial charge >= 0.3 is 0 Å². The minimum absolute atomic E-state index is 0.144. The minimum atomic E-state index is 0.144. The third-order valence-electron chi connectivity index (χ3n) is 2.46. The van der Waals surface area contributed by atoms with E-state index in [1.807, 2.05) is 7.05 Å². The van der Waals surface area contributed by atoms with Gasteiger partial charge in [-0.2, -0.15) is 4.98 Å². The molecule has 0 aliphatic rings. The smallest absolute Gasteiger partial charge is 0.228 e. The molecule has 2 aromatic rings. The lowest BCUT2D eigenvalue weighted by atomic mass is 10.2. The monoisotopic (exact) mass is 249 g/mol. The fourth-order valence-corrected chi connectivity index (χ4v) is 1.51. The van der Waals surface area contributed by atoms with Gasteiger partial charge in [-0.15, -0.1) is 0 Å². The van der Waals surface area contributed by atoms with Crippen molar-refractivity contribution in [3.8, 4) is 11.5 Å². The molecule has 0 aliphatic heterocycles. The van der Waals surface area contributed by atoms with E-state index in [1.165, 1.54) is 0 Å². The Morgan fingerprint density at radius 1 is 1.44 bits per heavy atom. The average molecular weight is 249 g/mol. The maximum atomic E-state index is 5.17. The Hall–Kier alpha value is -1.86. The van der Waals surface area contributed by atoms with Crippen molar-refractivity contribution in [2.24, 2.45) is 0 Å². The summed E-state index contributed by atoms with van der Waals surface area (Å²) in [7, 11) is 3.52. The lowest BCUT2D eigenvalue weighted by Gasteiger charge is -2.11. The van der Waals surface area contributed by atoms with Crippen molar-refractivity contribution in [3.05, 3.63) is 24.5 Å². The SMILES string of the molecule is CNC(COC)Cc1nc(-c2cnccn2)no1. The first-order chi connectivity index (χ1) is 8.83. The second-order valence-corrected chi connectivity index (χ2v) is 3.75. The van der Waals surface area contributed by atoms with Gasteiger partial charge in [0, 0.05) is 32.0 Å². The van der Waals surface area contributed by atoms with Crippen molar-refractivity contribution in [2.75, 3.05) is 20.8 Å². The predicted molar refractivity (Wildman–Crippen MR) is 63.8 cm³/mol. The highest BCUT2D eigenvalue weighted by Gasteiger charge is 2.14. The first-order valence-electron chi connectivity index (χ1n) is 5.58. The molecule has 18 heavy (non-hydrogen) atoms. The number of hydrogen-bond acceptors (Lipinski definition) is 7. The molecule has 0 aromatic carbocycles. The molecular formula is C11H15N5O2. The largest absolute Gasteiger partial charge is 0.383 e. The van der Waals surface area contributed by atoms with Crippen molar-refractivity contribution in [1.82, 2.24) is 25.4 Å². The van der Waals surface area contributed by atoms with E-state index in [0.717, 1.165) is 0 Å². The van der Waals surface area contributed by atoms with Crippen LogP contribution < -0.4 is 5.32 Å². The van der Waals surface area contributed by atoms with Crippen LogP contribution in [-0.4, -0.2) is 46.9 Å². The van der Waals surface area contributed by atoms with Gasteiger partial charge in [-0.25, -0.2) is 4.98 Å². The highest BCUT2D eigenvalue weighted by Crippen LogP contribution is 2.11. The number of rotatable bonds is 6. The van der Waals surface area contributed by atoms with Crippen LogP contribution in [0.15, 0.2) is 23.1 Å². The zero-order valence-electron chi connectivity index (χ0n) is 10.3. The van der Waals surface area contributed by atoms with E-state index in [9.17, 15) is 0 Å². The van der Waals surface area contributed by atoms with Gasteiger partial charge in [-0.05, 0) is 7.05 Å². The van der Waals surface area contributed by atoms with Gasteiger partial charge in [0.2, 0.25) is 11.7 Å². The number of aromatic nitrogens is 4. The highest BCUT2D eigenvalue weighted by atomic mass is 16.5. The predicted octanol–water partition coefficient (Wildman–Crippen LogP) is 0.303. The summed E-state index contributed by atoms with van der Waals surface area (Å²) >= 11 is 0. The molecule has 0 saturated heterocycles. The Morgan fingerprint density at radius 2 is 2.33 bits per heavy atom. The third-order valence-corrected chi connectivity index (χ3v) is 2.46. The van der Waals surface area contributed by atoms with Crippen LogP contribution in [0.1, 0.15) is 5.89 Å². The van der Waals surface area contributed by atoms with Gasteiger partial charge in [0.25, 0.3) is 0 Å². The van der Waals surface area contributed by atoms with Crippen LogP contribution in [0, 0.1) is 0 Å². The van der Waals surface area contributed by atoms with Gasteiger partial charge in [0.05, 0.1) is 12.8 Å². The van der Waals surface area contributed by atoms with Crippen molar-refractivity contribution in [2.45, 2.75) is 12.5 Å². The summed E-state index contributed by atoms with van der Waals surface area (Å²) in [5.41, 5.74) is 0.597. The van der Waals surface area contributed by atoms with Crippen LogP contribution in [0.5, 0.6) is 0 Å². The number of nitrogens with one attached hydrogen (secondary N) is 1. The molecule has 96 valence electrons. The second kappa shape index (κ2) is 6.18. The van der Waals surface area contributed by atoms with E-state index in [-0.39, 0.29) is 6.04 Å². The van der Waals surface area contributed by atoms with Gasteiger partial charge in [-0.3, -0.25) is 4.98 Å². The van der Waals surface area contributed by atoms with Gasteiger partial charge in [0.1, 0.15) is 5.69 Å². The summed E-state index contributed by atoms with van der Waals surface area (Å²) in [6.07, 6.45) is 5.39. The van der Waals surface area contributed by atoms with E-state index in [2.05, 4.69) is 25.4 Å². The van der Waals surface area contributed by atoms with Crippen molar-refractivity contribution >= 4 is 0 Å².